The van der Waals surface area contributed by atoms with Crippen LogP contribution in [0.5, 0.6) is 0 Å². The summed E-state index contributed by atoms with van der Waals surface area (Å²) >= 11 is 6.09. The van der Waals surface area contributed by atoms with Crippen molar-refractivity contribution in [2.45, 2.75) is 18.7 Å². The van der Waals surface area contributed by atoms with Crippen LogP contribution in [0.3, 0.4) is 0 Å². The highest BCUT2D eigenvalue weighted by molar-refractivity contribution is 7.92. The summed E-state index contributed by atoms with van der Waals surface area (Å²) in [4.78, 5) is 24.8. The average Bonchev–Trinajstić information content (AvgIpc) is 2.78. The number of anilines is 2. The van der Waals surface area contributed by atoms with E-state index in [-0.39, 0.29) is 16.1 Å². The Bertz CT molecular complexity index is 1290. The first-order valence-corrected chi connectivity index (χ1v) is 11.8. The lowest BCUT2D eigenvalue weighted by atomic mass is 10.1. The van der Waals surface area contributed by atoms with Crippen molar-refractivity contribution >= 4 is 44.9 Å². The summed E-state index contributed by atoms with van der Waals surface area (Å²) in [6.45, 7) is 3.11. The van der Waals surface area contributed by atoms with Gasteiger partial charge >= 0.3 is 5.97 Å². The zero-order chi connectivity index (χ0) is 24.2. The molecule has 3 aromatic carbocycles. The van der Waals surface area contributed by atoms with E-state index in [9.17, 15) is 18.0 Å². The number of benzene rings is 3. The summed E-state index contributed by atoms with van der Waals surface area (Å²) < 4.78 is 32.6. The van der Waals surface area contributed by atoms with E-state index in [0.717, 1.165) is 9.87 Å². The summed E-state index contributed by atoms with van der Waals surface area (Å²) in [6, 6.07) is 17.3. The second-order valence-corrected chi connectivity index (χ2v) is 9.67. The molecule has 0 unspecified atom stereocenters. The number of amides is 1. The van der Waals surface area contributed by atoms with Gasteiger partial charge in [0.1, 0.15) is 6.54 Å². The van der Waals surface area contributed by atoms with Gasteiger partial charge in [-0.1, -0.05) is 41.4 Å². The molecule has 0 fully saturated rings. The van der Waals surface area contributed by atoms with Gasteiger partial charge in [-0.15, -0.1) is 0 Å². The molecule has 0 saturated heterocycles. The average molecular weight is 487 g/mol. The minimum atomic E-state index is -4.07. The van der Waals surface area contributed by atoms with E-state index in [2.05, 4.69) is 5.32 Å². The van der Waals surface area contributed by atoms with Gasteiger partial charge in [0.25, 0.3) is 10.0 Å². The van der Waals surface area contributed by atoms with Gasteiger partial charge in [-0.05, 0) is 61.9 Å². The second kappa shape index (κ2) is 10.1. The highest BCUT2D eigenvalue weighted by atomic mass is 35.5. The zero-order valence-electron chi connectivity index (χ0n) is 18.3. The van der Waals surface area contributed by atoms with Gasteiger partial charge in [0.15, 0.2) is 0 Å². The molecule has 0 aliphatic heterocycles. The maximum absolute atomic E-state index is 13.4. The first-order chi connectivity index (χ1) is 15.6. The van der Waals surface area contributed by atoms with Gasteiger partial charge < -0.3 is 10.1 Å². The van der Waals surface area contributed by atoms with Crippen molar-refractivity contribution in [3.05, 3.63) is 88.4 Å². The van der Waals surface area contributed by atoms with Gasteiger partial charge in [-0.25, -0.2) is 13.2 Å². The number of carbonyl (C=O) groups is 2. The van der Waals surface area contributed by atoms with E-state index in [1.807, 2.05) is 6.92 Å². The third-order valence-electron chi connectivity index (χ3n) is 4.93. The summed E-state index contributed by atoms with van der Waals surface area (Å²) in [5, 5.41) is 3.02. The SMILES string of the molecule is COC(=O)c1ccc(C)c(NC(=O)CN(c2cccc(Cl)c2)S(=O)(=O)c2ccc(C)cc2)c1. The van der Waals surface area contributed by atoms with Crippen LogP contribution >= 0.6 is 11.6 Å². The summed E-state index contributed by atoms with van der Waals surface area (Å²) in [5.41, 5.74) is 2.49. The fourth-order valence-electron chi connectivity index (χ4n) is 3.11. The number of rotatable bonds is 7. The van der Waals surface area contributed by atoms with Crippen molar-refractivity contribution in [1.82, 2.24) is 0 Å². The van der Waals surface area contributed by atoms with Crippen LogP contribution in [0.2, 0.25) is 5.02 Å². The Morgan fingerprint density at radius 2 is 1.70 bits per heavy atom. The Labute approximate surface area is 198 Å². The number of methoxy groups -OCH3 is 1. The van der Waals surface area contributed by atoms with E-state index in [1.165, 1.54) is 31.4 Å². The number of sulfonamides is 1. The molecule has 0 radical (unpaired) electrons. The van der Waals surface area contributed by atoms with Crippen molar-refractivity contribution in [1.29, 1.82) is 0 Å². The molecule has 0 aliphatic rings. The number of nitrogens with zero attached hydrogens (tertiary/aromatic N) is 1. The van der Waals surface area contributed by atoms with Crippen molar-refractivity contribution in [2.24, 2.45) is 0 Å². The molecule has 3 aromatic rings. The Kier molecular flexibility index (Phi) is 7.40. The number of nitrogens with one attached hydrogen (secondary N) is 1. The number of carbonyl (C=O) groups excluding carboxylic acids is 2. The lowest BCUT2D eigenvalue weighted by Gasteiger charge is -2.24. The standard InChI is InChI=1S/C24H23ClN2O5S/c1-16-7-11-21(12-8-16)33(30,31)27(20-6-4-5-19(25)14-20)15-23(28)26-22-13-18(24(29)32-3)10-9-17(22)2/h4-14H,15H2,1-3H3,(H,26,28). The molecule has 0 atom stereocenters. The van der Waals surface area contributed by atoms with E-state index < -0.39 is 28.4 Å². The fourth-order valence-corrected chi connectivity index (χ4v) is 4.70. The Hall–Kier alpha value is -3.36. The zero-order valence-corrected chi connectivity index (χ0v) is 19.9. The molecule has 9 heteroatoms. The number of hydrogen-bond donors (Lipinski definition) is 1. The molecule has 0 aromatic heterocycles. The topological polar surface area (TPSA) is 92.8 Å². The monoisotopic (exact) mass is 486 g/mol. The molecule has 1 amide bonds. The van der Waals surface area contributed by atoms with Gasteiger partial charge in [0.2, 0.25) is 5.91 Å². The summed E-state index contributed by atoms with van der Waals surface area (Å²) in [5.74, 6) is -1.14. The molecule has 0 aliphatic carbocycles. The number of esters is 1. The number of halogens is 1. The predicted octanol–water partition coefficient (Wildman–Crippen LogP) is 4.58. The highest BCUT2D eigenvalue weighted by Crippen LogP contribution is 2.27. The molecular formula is C24H23ClN2O5S. The molecule has 0 heterocycles. The van der Waals surface area contributed by atoms with Crippen LogP contribution in [-0.2, 0) is 19.6 Å². The maximum atomic E-state index is 13.4. The molecule has 0 bridgehead atoms. The van der Waals surface area contributed by atoms with Crippen molar-refractivity contribution in [3.63, 3.8) is 0 Å². The minimum Gasteiger partial charge on any atom is -0.465 e. The van der Waals surface area contributed by atoms with E-state index >= 15 is 0 Å². The van der Waals surface area contributed by atoms with E-state index in [1.54, 1.807) is 49.4 Å². The Morgan fingerprint density at radius 3 is 2.33 bits per heavy atom. The Morgan fingerprint density at radius 1 is 1.00 bits per heavy atom. The van der Waals surface area contributed by atoms with Crippen LogP contribution in [0.1, 0.15) is 21.5 Å². The third-order valence-corrected chi connectivity index (χ3v) is 6.95. The molecule has 3 rings (SSSR count). The highest BCUT2D eigenvalue weighted by Gasteiger charge is 2.27. The van der Waals surface area contributed by atoms with Crippen LogP contribution in [-0.4, -0.2) is 33.9 Å². The number of ether oxygens (including phenoxy) is 1. The van der Waals surface area contributed by atoms with Crippen molar-refractivity contribution < 1.29 is 22.7 Å². The fraction of sp³-hybridized carbons (Fsp3) is 0.167. The predicted molar refractivity (Wildman–Crippen MR) is 128 cm³/mol. The van der Waals surface area contributed by atoms with E-state index in [0.29, 0.717) is 16.3 Å². The molecule has 7 nitrogen and oxygen atoms in total. The molecule has 0 saturated carbocycles. The van der Waals surface area contributed by atoms with Gasteiger partial charge in [-0.3, -0.25) is 9.10 Å². The van der Waals surface area contributed by atoms with E-state index in [4.69, 9.17) is 16.3 Å². The first-order valence-electron chi connectivity index (χ1n) is 9.95. The first kappa shape index (κ1) is 24.3. The summed E-state index contributed by atoms with van der Waals surface area (Å²) in [7, 11) is -2.81. The quantitative estimate of drug-likeness (QED) is 0.493. The summed E-state index contributed by atoms with van der Waals surface area (Å²) in [6.07, 6.45) is 0. The molecule has 0 spiro atoms. The molecule has 1 N–H and O–H groups in total. The second-order valence-electron chi connectivity index (χ2n) is 7.37. The maximum Gasteiger partial charge on any atom is 0.337 e. The van der Waals surface area contributed by atoms with Gasteiger partial charge in [-0.2, -0.15) is 0 Å². The van der Waals surface area contributed by atoms with Gasteiger partial charge in [0, 0.05) is 10.7 Å². The Balaban J connectivity index is 1.95. The molecule has 172 valence electrons. The molecule has 33 heavy (non-hydrogen) atoms. The van der Waals surface area contributed by atoms with Crippen molar-refractivity contribution in [2.75, 3.05) is 23.3 Å². The lowest BCUT2D eigenvalue weighted by Crippen LogP contribution is -2.38. The third kappa shape index (κ3) is 5.71. The number of hydrogen-bond acceptors (Lipinski definition) is 5. The van der Waals surface area contributed by atoms with Crippen LogP contribution in [0.4, 0.5) is 11.4 Å². The van der Waals surface area contributed by atoms with Crippen LogP contribution in [0, 0.1) is 13.8 Å². The molecular weight excluding hydrogens is 464 g/mol. The van der Waals surface area contributed by atoms with Crippen molar-refractivity contribution in [3.8, 4) is 0 Å². The van der Waals surface area contributed by atoms with Gasteiger partial charge in [0.05, 0.1) is 23.3 Å². The lowest BCUT2D eigenvalue weighted by molar-refractivity contribution is -0.114. The largest absolute Gasteiger partial charge is 0.465 e. The van der Waals surface area contributed by atoms with Crippen LogP contribution in [0.15, 0.2) is 71.6 Å². The smallest absolute Gasteiger partial charge is 0.337 e. The minimum absolute atomic E-state index is 0.0461. The number of aryl methyl sites for hydroxylation is 2. The van der Waals surface area contributed by atoms with Crippen LogP contribution in [0.25, 0.3) is 0 Å². The normalized spacial score (nSPS) is 11.0. The van der Waals surface area contributed by atoms with Crippen LogP contribution < -0.4 is 9.62 Å².